The Morgan fingerprint density at radius 3 is 2.43 bits per heavy atom. The lowest BCUT2D eigenvalue weighted by Gasteiger charge is -1.58. The molecule has 2 heteroatoms. The minimum absolute atomic E-state index is 0.500. The maximum absolute atomic E-state index is 8.01. The van der Waals surface area contributed by atoms with E-state index < -0.39 is 0 Å². The van der Waals surface area contributed by atoms with Crippen LogP contribution in [0.1, 0.15) is 6.92 Å². The van der Waals surface area contributed by atoms with Crippen molar-refractivity contribution in [1.82, 2.24) is 0 Å². The van der Waals surface area contributed by atoms with E-state index >= 15 is 0 Å². The van der Waals surface area contributed by atoms with E-state index in [2.05, 4.69) is 11.6 Å². The lowest BCUT2D eigenvalue weighted by molar-refractivity contribution is 1.41. The molecule has 0 aliphatic heterocycles. The third-order valence-corrected chi connectivity index (χ3v) is 0.620. The maximum Gasteiger partial charge on any atom is 0.380 e. The Bertz CT molecular complexity index is 128. The van der Waals surface area contributed by atoms with Crippen LogP contribution in [-0.4, -0.2) is 0 Å². The lowest BCUT2D eigenvalue weighted by Crippen LogP contribution is -1.58. The second-order valence-corrected chi connectivity index (χ2v) is 1.02. The van der Waals surface area contributed by atoms with Crippen molar-refractivity contribution >= 4 is 0 Å². The molecular weight excluding hydrogens is 88.1 g/mol. The largest absolute Gasteiger partial charge is 0.380 e. The summed E-state index contributed by atoms with van der Waals surface area (Å²) in [7, 11) is 0. The highest BCUT2D eigenvalue weighted by Crippen LogP contribution is 1.93. The van der Waals surface area contributed by atoms with E-state index in [4.69, 9.17) is 5.39 Å². The standard InChI is InChI=1S/C5H7N2/c1-3-5(4-2)7-6/h3-4H,1H2,2H3/q+1/b5-4+. The first kappa shape index (κ1) is 5.90. The molecule has 0 fully saturated rings. The van der Waals surface area contributed by atoms with Gasteiger partial charge in [-0.05, 0) is 6.92 Å². The van der Waals surface area contributed by atoms with E-state index in [1.807, 2.05) is 0 Å². The molecule has 2 nitrogen and oxygen atoms in total. The predicted molar refractivity (Wildman–Crippen MR) is 29.0 cm³/mol. The van der Waals surface area contributed by atoms with Crippen LogP contribution in [0.5, 0.6) is 0 Å². The van der Waals surface area contributed by atoms with Crippen molar-refractivity contribution in [1.29, 1.82) is 5.39 Å². The second kappa shape index (κ2) is 3.10. The molecule has 7 heavy (non-hydrogen) atoms. The molecule has 0 N–H and O–H groups in total. The molecule has 0 saturated carbocycles. The highest BCUT2D eigenvalue weighted by atomic mass is 14.8. The number of hydrogen-bond donors (Lipinski definition) is 0. The summed E-state index contributed by atoms with van der Waals surface area (Å²) in [5.41, 5.74) is 0.500. The summed E-state index contributed by atoms with van der Waals surface area (Å²) in [6, 6.07) is 0. The van der Waals surface area contributed by atoms with Gasteiger partial charge in [-0.15, -0.1) is 0 Å². The second-order valence-electron chi connectivity index (χ2n) is 1.02. The SMILES string of the molecule is C=C/C(=C\C)[N+]#N. The molecule has 0 aromatic heterocycles. The molecule has 0 radical (unpaired) electrons. The van der Waals surface area contributed by atoms with Gasteiger partial charge >= 0.3 is 5.70 Å². The van der Waals surface area contributed by atoms with Gasteiger partial charge in [-0.3, -0.25) is 0 Å². The van der Waals surface area contributed by atoms with Gasteiger partial charge in [-0.1, -0.05) is 6.58 Å². The van der Waals surface area contributed by atoms with E-state index in [9.17, 15) is 0 Å². The fourth-order valence-corrected chi connectivity index (χ4v) is 0.216. The van der Waals surface area contributed by atoms with Gasteiger partial charge in [0.2, 0.25) is 5.39 Å². The van der Waals surface area contributed by atoms with E-state index in [0.717, 1.165) is 0 Å². The fraction of sp³-hybridized carbons (Fsp3) is 0.200. The molecule has 0 atom stereocenters. The zero-order chi connectivity index (χ0) is 5.70. The van der Waals surface area contributed by atoms with Crippen LogP contribution in [0, 0.1) is 5.39 Å². The summed E-state index contributed by atoms with van der Waals surface area (Å²) in [4.78, 5) is 2.87. The van der Waals surface area contributed by atoms with Crippen molar-refractivity contribution in [2.24, 2.45) is 0 Å². The quantitative estimate of drug-likeness (QED) is 0.361. The molecule has 36 valence electrons. The molecule has 0 unspecified atom stereocenters. The summed E-state index contributed by atoms with van der Waals surface area (Å²) < 4.78 is 0. The number of rotatable bonds is 1. The number of allylic oxidation sites excluding steroid dienone is 2. The molecule has 0 aromatic carbocycles. The van der Waals surface area contributed by atoms with Gasteiger partial charge in [-0.2, -0.15) is 0 Å². The molecule has 0 amide bonds. The summed E-state index contributed by atoms with van der Waals surface area (Å²) in [6.07, 6.45) is 3.13. The van der Waals surface area contributed by atoms with E-state index in [0.29, 0.717) is 5.70 Å². The van der Waals surface area contributed by atoms with Gasteiger partial charge in [0.05, 0.1) is 0 Å². The third-order valence-electron chi connectivity index (χ3n) is 0.620. The first-order chi connectivity index (χ1) is 3.35. The van der Waals surface area contributed by atoms with Gasteiger partial charge in [0.25, 0.3) is 0 Å². The van der Waals surface area contributed by atoms with Gasteiger partial charge in [0, 0.05) is 12.2 Å². The maximum atomic E-state index is 8.01. The minimum atomic E-state index is 0.500. The Morgan fingerprint density at radius 1 is 1.86 bits per heavy atom. The van der Waals surface area contributed by atoms with Crippen LogP contribution in [0.2, 0.25) is 0 Å². The third kappa shape index (κ3) is 1.72. The van der Waals surface area contributed by atoms with Crippen molar-refractivity contribution in [3.05, 3.63) is 29.4 Å². The van der Waals surface area contributed by atoms with Crippen LogP contribution in [0.4, 0.5) is 0 Å². The lowest BCUT2D eigenvalue weighted by atomic mass is 10.4. The highest BCUT2D eigenvalue weighted by Gasteiger charge is 1.95. The van der Waals surface area contributed by atoms with Crippen LogP contribution < -0.4 is 0 Å². The van der Waals surface area contributed by atoms with E-state index in [1.165, 1.54) is 6.08 Å². The smallest absolute Gasteiger partial charge is 0.0910 e. The zero-order valence-corrected chi connectivity index (χ0v) is 4.26. The van der Waals surface area contributed by atoms with Gasteiger partial charge in [0.15, 0.2) is 4.98 Å². The van der Waals surface area contributed by atoms with Gasteiger partial charge in [0.1, 0.15) is 0 Å². The molecule has 0 aliphatic rings. The van der Waals surface area contributed by atoms with Crippen LogP contribution in [0.15, 0.2) is 24.4 Å². The summed E-state index contributed by atoms with van der Waals surface area (Å²) in [5, 5.41) is 8.01. The average molecular weight is 95.1 g/mol. The Labute approximate surface area is 42.8 Å². The number of nitrogens with zero attached hydrogens (tertiary/aromatic N) is 2. The van der Waals surface area contributed by atoms with Crippen molar-refractivity contribution in [3.63, 3.8) is 0 Å². The van der Waals surface area contributed by atoms with Gasteiger partial charge in [-0.25, -0.2) is 0 Å². The van der Waals surface area contributed by atoms with Crippen molar-refractivity contribution in [3.8, 4) is 0 Å². The number of diazo groups is 1. The molecule has 0 heterocycles. The van der Waals surface area contributed by atoms with Crippen molar-refractivity contribution in [2.45, 2.75) is 6.92 Å². The summed E-state index contributed by atoms with van der Waals surface area (Å²) in [6.45, 7) is 5.16. The normalized spacial score (nSPS) is 10.0. The monoisotopic (exact) mass is 95.1 g/mol. The van der Waals surface area contributed by atoms with Crippen molar-refractivity contribution in [2.75, 3.05) is 0 Å². The Morgan fingerprint density at radius 2 is 2.43 bits per heavy atom. The topological polar surface area (TPSA) is 28.1 Å². The first-order valence-corrected chi connectivity index (χ1v) is 1.99. The molecular formula is C5H7N2+. The van der Waals surface area contributed by atoms with Crippen LogP contribution in [-0.2, 0) is 0 Å². The minimum Gasteiger partial charge on any atom is -0.0910 e. The molecule has 0 rings (SSSR count). The molecule has 0 saturated heterocycles. The molecule has 0 spiro atoms. The zero-order valence-electron chi connectivity index (χ0n) is 4.26. The van der Waals surface area contributed by atoms with Crippen LogP contribution in [0.25, 0.3) is 4.98 Å². The van der Waals surface area contributed by atoms with Gasteiger partial charge < -0.3 is 0 Å². The summed E-state index contributed by atoms with van der Waals surface area (Å²) in [5.74, 6) is 0. The van der Waals surface area contributed by atoms with Crippen LogP contribution in [0.3, 0.4) is 0 Å². The number of hydrogen-bond acceptors (Lipinski definition) is 1. The van der Waals surface area contributed by atoms with Crippen LogP contribution >= 0.6 is 0 Å². The van der Waals surface area contributed by atoms with Crippen molar-refractivity contribution < 1.29 is 0 Å². The molecule has 0 aliphatic carbocycles. The first-order valence-electron chi connectivity index (χ1n) is 1.99. The highest BCUT2D eigenvalue weighted by molar-refractivity contribution is 5.20. The Balaban J connectivity index is 3.94. The Kier molecular flexibility index (Phi) is 2.62. The molecule has 0 aromatic rings. The Hall–Kier alpha value is -1.10. The van der Waals surface area contributed by atoms with E-state index in [-0.39, 0.29) is 0 Å². The summed E-state index contributed by atoms with van der Waals surface area (Å²) >= 11 is 0. The molecule has 0 bridgehead atoms. The fourth-order valence-electron chi connectivity index (χ4n) is 0.216. The predicted octanol–water partition coefficient (Wildman–Crippen LogP) is 1.93. The van der Waals surface area contributed by atoms with E-state index in [1.54, 1.807) is 13.0 Å². The average Bonchev–Trinajstić information content (AvgIpc) is 1.72.